The Morgan fingerprint density at radius 3 is 2.44 bits per heavy atom. The van der Waals surface area contributed by atoms with Gasteiger partial charge in [0.1, 0.15) is 5.82 Å². The van der Waals surface area contributed by atoms with Crippen LogP contribution in [0.3, 0.4) is 0 Å². The Morgan fingerprint density at radius 2 is 1.72 bits per heavy atom. The predicted octanol–water partition coefficient (Wildman–Crippen LogP) is 2.94. The fourth-order valence-electron chi connectivity index (χ4n) is 1.66. The topological polar surface area (TPSA) is 51.8 Å². The molecule has 0 N–H and O–H groups in total. The molecule has 0 saturated heterocycles. The summed E-state index contributed by atoms with van der Waals surface area (Å²) < 4.78 is 18.0. The number of aromatic nitrogens is 3. The molecule has 0 atom stereocenters. The lowest BCUT2D eigenvalue weighted by Gasteiger charge is -2.02. The van der Waals surface area contributed by atoms with Crippen LogP contribution >= 0.6 is 0 Å². The molecule has 2 aromatic heterocycles. The Bertz CT molecular complexity index is 650. The van der Waals surface area contributed by atoms with Gasteiger partial charge in [0.15, 0.2) is 0 Å². The summed E-state index contributed by atoms with van der Waals surface area (Å²) in [6.07, 6.45) is 4.60. The van der Waals surface area contributed by atoms with Crippen molar-refractivity contribution >= 4 is 0 Å². The first kappa shape index (κ1) is 10.6. The first-order chi connectivity index (χ1) is 8.83. The number of rotatable bonds is 2. The van der Waals surface area contributed by atoms with Crippen LogP contribution < -0.4 is 0 Å². The van der Waals surface area contributed by atoms with E-state index >= 15 is 0 Å². The Kier molecular flexibility index (Phi) is 2.57. The number of benzene rings is 1. The lowest BCUT2D eigenvalue weighted by atomic mass is 10.1. The van der Waals surface area contributed by atoms with E-state index in [1.54, 1.807) is 24.5 Å². The average molecular weight is 241 g/mol. The summed E-state index contributed by atoms with van der Waals surface area (Å²) in [6.45, 7) is 0. The van der Waals surface area contributed by atoms with Gasteiger partial charge < -0.3 is 4.42 Å². The van der Waals surface area contributed by atoms with Crippen molar-refractivity contribution in [2.24, 2.45) is 0 Å². The maximum atomic E-state index is 12.9. The van der Waals surface area contributed by atoms with E-state index in [0.717, 1.165) is 16.7 Å². The molecule has 88 valence electrons. The molecule has 0 bridgehead atoms. The highest BCUT2D eigenvalue weighted by Crippen LogP contribution is 2.23. The van der Waals surface area contributed by atoms with Crippen LogP contribution in [0.5, 0.6) is 0 Å². The van der Waals surface area contributed by atoms with Crippen molar-refractivity contribution in [3.05, 3.63) is 54.9 Å². The normalized spacial score (nSPS) is 10.5. The predicted molar refractivity (Wildman–Crippen MR) is 62.9 cm³/mol. The first-order valence-electron chi connectivity index (χ1n) is 5.30. The Morgan fingerprint density at radius 1 is 0.944 bits per heavy atom. The van der Waals surface area contributed by atoms with Crippen molar-refractivity contribution in [2.75, 3.05) is 0 Å². The highest BCUT2D eigenvalue weighted by atomic mass is 19.1. The average Bonchev–Trinajstić information content (AvgIpc) is 2.94. The fourth-order valence-corrected chi connectivity index (χ4v) is 1.66. The standard InChI is InChI=1S/C13H8FN3O/c14-12-3-1-9(2-4-12)10-5-11(7-15-6-10)13-17-16-8-18-13/h1-8H. The minimum absolute atomic E-state index is 0.264. The minimum Gasteiger partial charge on any atom is -0.423 e. The van der Waals surface area contributed by atoms with Gasteiger partial charge in [0, 0.05) is 18.0 Å². The monoisotopic (exact) mass is 241 g/mol. The molecule has 1 aromatic carbocycles. The van der Waals surface area contributed by atoms with E-state index in [4.69, 9.17) is 4.42 Å². The van der Waals surface area contributed by atoms with Gasteiger partial charge in [-0.15, -0.1) is 10.2 Å². The van der Waals surface area contributed by atoms with Crippen molar-refractivity contribution < 1.29 is 8.81 Å². The van der Waals surface area contributed by atoms with Crippen LogP contribution in [-0.4, -0.2) is 15.2 Å². The molecule has 18 heavy (non-hydrogen) atoms. The molecule has 3 rings (SSSR count). The molecule has 4 nitrogen and oxygen atoms in total. The highest BCUT2D eigenvalue weighted by Gasteiger charge is 2.06. The van der Waals surface area contributed by atoms with E-state index in [2.05, 4.69) is 15.2 Å². The SMILES string of the molecule is Fc1ccc(-c2cncc(-c3nnco3)c2)cc1. The third-order valence-electron chi connectivity index (χ3n) is 2.52. The number of halogens is 1. The largest absolute Gasteiger partial charge is 0.423 e. The molecule has 0 unspecified atom stereocenters. The third kappa shape index (κ3) is 1.98. The van der Waals surface area contributed by atoms with Crippen LogP contribution in [0, 0.1) is 5.82 Å². The van der Waals surface area contributed by atoms with Crippen LogP contribution in [-0.2, 0) is 0 Å². The van der Waals surface area contributed by atoms with Crippen molar-refractivity contribution in [1.82, 2.24) is 15.2 Å². The molecule has 0 fully saturated rings. The zero-order chi connectivity index (χ0) is 12.4. The van der Waals surface area contributed by atoms with E-state index in [-0.39, 0.29) is 5.82 Å². The summed E-state index contributed by atoms with van der Waals surface area (Å²) in [7, 11) is 0. The first-order valence-corrected chi connectivity index (χ1v) is 5.30. The zero-order valence-corrected chi connectivity index (χ0v) is 9.25. The van der Waals surface area contributed by atoms with Crippen LogP contribution in [0.15, 0.2) is 53.5 Å². The molecule has 0 spiro atoms. The minimum atomic E-state index is -0.264. The Hall–Kier alpha value is -2.56. The second-order valence-corrected chi connectivity index (χ2v) is 3.71. The molecule has 2 heterocycles. The van der Waals surface area contributed by atoms with Gasteiger partial charge in [-0.05, 0) is 23.8 Å². The van der Waals surface area contributed by atoms with Gasteiger partial charge in [0.2, 0.25) is 12.3 Å². The maximum absolute atomic E-state index is 12.9. The van der Waals surface area contributed by atoms with Crippen LogP contribution in [0.4, 0.5) is 4.39 Å². The van der Waals surface area contributed by atoms with E-state index in [9.17, 15) is 4.39 Å². The zero-order valence-electron chi connectivity index (χ0n) is 9.25. The van der Waals surface area contributed by atoms with Gasteiger partial charge in [-0.1, -0.05) is 12.1 Å². The smallest absolute Gasteiger partial charge is 0.249 e. The molecule has 3 aromatic rings. The molecule has 0 radical (unpaired) electrons. The second-order valence-electron chi connectivity index (χ2n) is 3.71. The van der Waals surface area contributed by atoms with Gasteiger partial charge >= 0.3 is 0 Å². The van der Waals surface area contributed by atoms with Gasteiger partial charge in [-0.2, -0.15) is 0 Å². The number of pyridine rings is 1. The number of hydrogen-bond acceptors (Lipinski definition) is 4. The van der Waals surface area contributed by atoms with Gasteiger partial charge in [-0.25, -0.2) is 4.39 Å². The van der Waals surface area contributed by atoms with Crippen molar-refractivity contribution in [3.8, 4) is 22.6 Å². The quantitative estimate of drug-likeness (QED) is 0.692. The summed E-state index contributed by atoms with van der Waals surface area (Å²) in [6, 6.07) is 8.09. The van der Waals surface area contributed by atoms with Crippen LogP contribution in [0.2, 0.25) is 0 Å². The fraction of sp³-hybridized carbons (Fsp3) is 0. The Labute approximate surface area is 102 Å². The molecular formula is C13H8FN3O. The highest BCUT2D eigenvalue weighted by molar-refractivity contribution is 5.67. The van der Waals surface area contributed by atoms with Gasteiger partial charge in [0.25, 0.3) is 0 Å². The summed E-state index contributed by atoms with van der Waals surface area (Å²) >= 11 is 0. The summed E-state index contributed by atoms with van der Waals surface area (Å²) in [5.41, 5.74) is 2.48. The lowest BCUT2D eigenvalue weighted by molar-refractivity contribution is 0.568. The third-order valence-corrected chi connectivity index (χ3v) is 2.52. The molecule has 5 heteroatoms. The molecule has 0 aliphatic heterocycles. The second kappa shape index (κ2) is 4.37. The van der Waals surface area contributed by atoms with Gasteiger partial charge in [0.05, 0.1) is 5.56 Å². The molecule has 0 amide bonds. The summed E-state index contributed by atoms with van der Waals surface area (Å²) in [5.74, 6) is 0.145. The maximum Gasteiger partial charge on any atom is 0.249 e. The van der Waals surface area contributed by atoms with E-state index in [1.165, 1.54) is 18.5 Å². The molecule has 0 aliphatic carbocycles. The lowest BCUT2D eigenvalue weighted by Crippen LogP contribution is -1.85. The van der Waals surface area contributed by atoms with E-state index in [1.807, 2.05) is 6.07 Å². The van der Waals surface area contributed by atoms with Crippen molar-refractivity contribution in [3.63, 3.8) is 0 Å². The molecule has 0 saturated carbocycles. The van der Waals surface area contributed by atoms with E-state index < -0.39 is 0 Å². The molecule has 0 aliphatic rings. The van der Waals surface area contributed by atoms with Crippen LogP contribution in [0.25, 0.3) is 22.6 Å². The van der Waals surface area contributed by atoms with E-state index in [0.29, 0.717) is 5.89 Å². The summed E-state index contributed by atoms with van der Waals surface area (Å²) in [5, 5.41) is 7.44. The number of hydrogen-bond donors (Lipinski definition) is 0. The van der Waals surface area contributed by atoms with Crippen molar-refractivity contribution in [1.29, 1.82) is 0 Å². The van der Waals surface area contributed by atoms with Crippen molar-refractivity contribution in [2.45, 2.75) is 0 Å². The summed E-state index contributed by atoms with van der Waals surface area (Å²) in [4.78, 5) is 4.12. The Balaban J connectivity index is 2.03. The van der Waals surface area contributed by atoms with Crippen LogP contribution in [0.1, 0.15) is 0 Å². The van der Waals surface area contributed by atoms with Gasteiger partial charge in [-0.3, -0.25) is 4.98 Å². The molecular weight excluding hydrogens is 233 g/mol. The number of nitrogens with zero attached hydrogens (tertiary/aromatic N) is 3.